The molecule has 0 aliphatic carbocycles. The van der Waals surface area contributed by atoms with Crippen molar-refractivity contribution in [1.29, 1.82) is 0 Å². The number of ether oxygens (including phenoxy) is 1. The summed E-state index contributed by atoms with van der Waals surface area (Å²) in [6.07, 6.45) is 0.737. The van der Waals surface area contributed by atoms with Gasteiger partial charge in [0.25, 0.3) is 5.91 Å². The van der Waals surface area contributed by atoms with Crippen molar-refractivity contribution in [1.82, 2.24) is 9.97 Å². The van der Waals surface area contributed by atoms with Gasteiger partial charge in [-0.3, -0.25) is 10.1 Å². The van der Waals surface area contributed by atoms with E-state index in [1.54, 1.807) is 26.2 Å². The zero-order valence-electron chi connectivity index (χ0n) is 16.1. The first-order valence-corrected chi connectivity index (χ1v) is 9.54. The maximum atomic E-state index is 12.4. The first kappa shape index (κ1) is 21.1. The van der Waals surface area contributed by atoms with E-state index >= 15 is 0 Å². The predicted octanol–water partition coefficient (Wildman–Crippen LogP) is 5.09. The van der Waals surface area contributed by atoms with Gasteiger partial charge in [0.15, 0.2) is 5.15 Å². The molecule has 0 aliphatic rings. The number of anilines is 2. The minimum Gasteiger partial charge on any atom is -0.444 e. The first-order valence-electron chi connectivity index (χ1n) is 8.28. The van der Waals surface area contributed by atoms with Crippen LogP contribution >= 0.6 is 22.9 Å². The number of carbonyl (C=O) groups excluding carboxylic acids is 2. The van der Waals surface area contributed by atoms with Crippen LogP contribution in [0.4, 0.5) is 16.2 Å². The molecular weight excluding hydrogens is 388 g/mol. The Morgan fingerprint density at radius 1 is 1.15 bits per heavy atom. The molecule has 0 radical (unpaired) electrons. The van der Waals surface area contributed by atoms with E-state index in [0.29, 0.717) is 11.4 Å². The Hall–Kier alpha value is -2.19. The van der Waals surface area contributed by atoms with Gasteiger partial charge in [0.2, 0.25) is 0 Å². The summed E-state index contributed by atoms with van der Waals surface area (Å²) in [7, 11) is 0. The number of thiazole rings is 1. The Labute approximate surface area is 167 Å². The maximum Gasteiger partial charge on any atom is 0.412 e. The first-order chi connectivity index (χ1) is 12.3. The standard InChI is InChI=1S/C18H23ClN4O3S/c1-17(2,3)15-22-12(9-27-15)14(24)21-10-7-11(13(19)20-8-10)23-16(25)26-18(4,5)6/h7-9H,1-6H3,(H,21,24)(H,23,25). The number of carbonyl (C=O) groups is 2. The average Bonchev–Trinajstić information content (AvgIpc) is 2.99. The van der Waals surface area contributed by atoms with Crippen molar-refractivity contribution in [3.8, 4) is 0 Å². The van der Waals surface area contributed by atoms with E-state index in [-0.39, 0.29) is 22.2 Å². The number of pyridine rings is 1. The summed E-state index contributed by atoms with van der Waals surface area (Å²) >= 11 is 7.45. The molecule has 0 aliphatic heterocycles. The molecule has 0 saturated heterocycles. The number of amides is 2. The van der Waals surface area contributed by atoms with Crippen molar-refractivity contribution in [3.63, 3.8) is 0 Å². The Kier molecular flexibility index (Phi) is 6.11. The van der Waals surface area contributed by atoms with Gasteiger partial charge in [-0.05, 0) is 26.8 Å². The van der Waals surface area contributed by atoms with Gasteiger partial charge in [0, 0.05) is 10.8 Å². The highest BCUT2D eigenvalue weighted by molar-refractivity contribution is 7.10. The van der Waals surface area contributed by atoms with Gasteiger partial charge < -0.3 is 10.1 Å². The highest BCUT2D eigenvalue weighted by Gasteiger charge is 2.21. The molecule has 0 atom stereocenters. The molecule has 2 heterocycles. The lowest BCUT2D eigenvalue weighted by molar-refractivity contribution is 0.0635. The molecule has 0 fully saturated rings. The van der Waals surface area contributed by atoms with Crippen molar-refractivity contribution in [2.45, 2.75) is 52.6 Å². The normalized spacial score (nSPS) is 11.8. The molecule has 27 heavy (non-hydrogen) atoms. The van der Waals surface area contributed by atoms with Crippen molar-refractivity contribution >= 4 is 46.3 Å². The fraction of sp³-hybridized carbons (Fsp3) is 0.444. The Morgan fingerprint density at radius 3 is 2.37 bits per heavy atom. The van der Waals surface area contributed by atoms with Crippen LogP contribution in [-0.4, -0.2) is 27.6 Å². The molecule has 9 heteroatoms. The van der Waals surface area contributed by atoms with Gasteiger partial charge in [-0.25, -0.2) is 14.8 Å². The van der Waals surface area contributed by atoms with E-state index in [4.69, 9.17) is 16.3 Å². The van der Waals surface area contributed by atoms with Gasteiger partial charge in [0.05, 0.1) is 22.6 Å². The van der Waals surface area contributed by atoms with E-state index in [0.717, 1.165) is 5.01 Å². The Balaban J connectivity index is 2.12. The average molecular weight is 411 g/mol. The lowest BCUT2D eigenvalue weighted by atomic mass is 9.98. The van der Waals surface area contributed by atoms with Gasteiger partial charge in [-0.15, -0.1) is 11.3 Å². The molecule has 0 aromatic carbocycles. The molecule has 2 aromatic heterocycles. The van der Waals surface area contributed by atoms with Gasteiger partial charge in [-0.2, -0.15) is 0 Å². The van der Waals surface area contributed by atoms with Gasteiger partial charge in [-0.1, -0.05) is 32.4 Å². The van der Waals surface area contributed by atoms with E-state index in [2.05, 4.69) is 20.6 Å². The van der Waals surface area contributed by atoms with Crippen LogP contribution in [0.1, 0.15) is 57.0 Å². The number of rotatable bonds is 3. The van der Waals surface area contributed by atoms with E-state index in [9.17, 15) is 9.59 Å². The smallest absolute Gasteiger partial charge is 0.412 e. The van der Waals surface area contributed by atoms with E-state index in [1.807, 2.05) is 20.8 Å². The molecule has 2 rings (SSSR count). The summed E-state index contributed by atoms with van der Waals surface area (Å²) in [4.78, 5) is 32.7. The number of aromatic nitrogens is 2. The third-order valence-electron chi connectivity index (χ3n) is 3.11. The fourth-order valence-electron chi connectivity index (χ4n) is 1.94. The monoisotopic (exact) mass is 410 g/mol. The third kappa shape index (κ3) is 6.18. The van der Waals surface area contributed by atoms with Gasteiger partial charge in [0.1, 0.15) is 11.3 Å². The summed E-state index contributed by atoms with van der Waals surface area (Å²) in [5.74, 6) is -0.367. The topological polar surface area (TPSA) is 93.2 Å². The number of halogens is 1. The van der Waals surface area contributed by atoms with Crippen LogP contribution in [0.25, 0.3) is 0 Å². The molecule has 2 amide bonds. The highest BCUT2D eigenvalue weighted by atomic mass is 35.5. The van der Waals surface area contributed by atoms with Crippen LogP contribution in [-0.2, 0) is 10.2 Å². The van der Waals surface area contributed by atoms with Gasteiger partial charge >= 0.3 is 6.09 Å². The van der Waals surface area contributed by atoms with Crippen LogP contribution in [0.3, 0.4) is 0 Å². The lowest BCUT2D eigenvalue weighted by Crippen LogP contribution is -2.27. The number of nitrogens with zero attached hydrogens (tertiary/aromatic N) is 2. The second-order valence-electron chi connectivity index (χ2n) is 7.93. The van der Waals surface area contributed by atoms with Crippen molar-refractivity contribution < 1.29 is 14.3 Å². The molecule has 2 aromatic rings. The van der Waals surface area contributed by atoms with Crippen molar-refractivity contribution in [2.75, 3.05) is 10.6 Å². The molecule has 146 valence electrons. The zero-order valence-corrected chi connectivity index (χ0v) is 17.7. The molecule has 0 spiro atoms. The largest absolute Gasteiger partial charge is 0.444 e. The number of hydrogen-bond acceptors (Lipinski definition) is 6. The molecule has 0 saturated carbocycles. The van der Waals surface area contributed by atoms with Crippen LogP contribution in [0, 0.1) is 0 Å². The SMILES string of the molecule is CC(C)(C)OC(=O)Nc1cc(NC(=O)c2csc(C(C)(C)C)n2)cnc1Cl. The van der Waals surface area contributed by atoms with Crippen LogP contribution in [0.5, 0.6) is 0 Å². The summed E-state index contributed by atoms with van der Waals surface area (Å²) in [5, 5.41) is 7.89. The van der Waals surface area contributed by atoms with Crippen LogP contribution in [0.15, 0.2) is 17.6 Å². The number of nitrogens with one attached hydrogen (secondary N) is 2. The zero-order chi connectivity index (χ0) is 20.4. The second-order valence-corrected chi connectivity index (χ2v) is 9.15. The molecule has 0 unspecified atom stereocenters. The maximum absolute atomic E-state index is 12.4. The third-order valence-corrected chi connectivity index (χ3v) is 4.68. The van der Waals surface area contributed by atoms with Crippen molar-refractivity contribution in [3.05, 3.63) is 33.5 Å². The van der Waals surface area contributed by atoms with Crippen molar-refractivity contribution in [2.24, 2.45) is 0 Å². The molecule has 2 N–H and O–H groups in total. The fourth-order valence-corrected chi connectivity index (χ4v) is 2.97. The quantitative estimate of drug-likeness (QED) is 0.687. The second kappa shape index (κ2) is 7.82. The minimum absolute atomic E-state index is 0.0857. The summed E-state index contributed by atoms with van der Waals surface area (Å²) in [6.45, 7) is 11.4. The van der Waals surface area contributed by atoms with E-state index < -0.39 is 11.7 Å². The Morgan fingerprint density at radius 2 is 1.81 bits per heavy atom. The number of hydrogen-bond donors (Lipinski definition) is 2. The highest BCUT2D eigenvalue weighted by Crippen LogP contribution is 2.27. The van der Waals surface area contributed by atoms with E-state index in [1.165, 1.54) is 23.6 Å². The lowest BCUT2D eigenvalue weighted by Gasteiger charge is -2.20. The summed E-state index contributed by atoms with van der Waals surface area (Å²) < 4.78 is 5.19. The summed E-state index contributed by atoms with van der Waals surface area (Å²) in [5.41, 5.74) is 0.153. The summed E-state index contributed by atoms with van der Waals surface area (Å²) in [6, 6.07) is 1.51. The Bertz CT molecular complexity index is 853. The minimum atomic E-state index is -0.663. The van der Waals surface area contributed by atoms with Crippen LogP contribution < -0.4 is 10.6 Å². The molecule has 0 bridgehead atoms. The van der Waals surface area contributed by atoms with Crippen LogP contribution in [0.2, 0.25) is 5.15 Å². The molecule has 7 nitrogen and oxygen atoms in total. The predicted molar refractivity (Wildman–Crippen MR) is 108 cm³/mol. The molecular formula is C18H23ClN4O3S.